The Kier molecular flexibility index (Phi) is 1.51. The van der Waals surface area contributed by atoms with Gasteiger partial charge in [0, 0.05) is 17.0 Å². The van der Waals surface area contributed by atoms with Gasteiger partial charge in [0.2, 0.25) is 0 Å². The van der Waals surface area contributed by atoms with Gasteiger partial charge in [-0.3, -0.25) is 4.98 Å². The molecule has 2 heterocycles. The molecule has 0 atom stereocenters. The highest BCUT2D eigenvalue weighted by atomic mass is 14.7. The van der Waals surface area contributed by atoms with E-state index < -0.39 is 0 Å². The summed E-state index contributed by atoms with van der Waals surface area (Å²) in [5.74, 6) is 0. The van der Waals surface area contributed by atoms with Gasteiger partial charge in [-0.1, -0.05) is 18.2 Å². The van der Waals surface area contributed by atoms with Gasteiger partial charge in [-0.2, -0.15) is 5.26 Å². The number of benzene rings is 1. The van der Waals surface area contributed by atoms with Crippen LogP contribution in [0, 0.1) is 11.3 Å². The molecule has 0 aliphatic carbocycles. The Balaban J connectivity index is 2.54. The van der Waals surface area contributed by atoms with E-state index in [-0.39, 0.29) is 0 Å². The molecule has 0 unspecified atom stereocenters. The Morgan fingerprint density at radius 3 is 3.00 bits per heavy atom. The number of para-hydroxylation sites is 1. The second-order valence-corrected chi connectivity index (χ2v) is 3.40. The van der Waals surface area contributed by atoms with Crippen LogP contribution in [0.5, 0.6) is 0 Å². The number of pyridine rings is 1. The first-order valence-electron chi connectivity index (χ1n) is 4.65. The average Bonchev–Trinajstić information content (AvgIpc) is 2.72. The fraction of sp³-hybridized carbons (Fsp3) is 0. The fourth-order valence-electron chi connectivity index (χ4n) is 1.79. The van der Waals surface area contributed by atoms with E-state index in [9.17, 15) is 0 Å². The molecule has 0 aliphatic rings. The second-order valence-electron chi connectivity index (χ2n) is 3.40. The maximum atomic E-state index is 8.81. The zero-order valence-electron chi connectivity index (χ0n) is 7.86. The molecule has 0 amide bonds. The molecule has 70 valence electrons. The molecule has 3 heteroatoms. The van der Waals surface area contributed by atoms with Crippen LogP contribution >= 0.6 is 0 Å². The lowest BCUT2D eigenvalue weighted by Crippen LogP contribution is -1.79. The summed E-state index contributed by atoms with van der Waals surface area (Å²) in [4.78, 5) is 7.41. The van der Waals surface area contributed by atoms with Gasteiger partial charge in [0.1, 0.15) is 11.8 Å². The van der Waals surface area contributed by atoms with E-state index in [2.05, 4.69) is 16.0 Å². The highest BCUT2D eigenvalue weighted by Crippen LogP contribution is 2.22. The molecule has 3 aromatic rings. The third-order valence-corrected chi connectivity index (χ3v) is 2.48. The van der Waals surface area contributed by atoms with Crippen molar-refractivity contribution in [1.29, 1.82) is 5.26 Å². The molecule has 15 heavy (non-hydrogen) atoms. The number of H-pyrrole nitrogens is 1. The zero-order chi connectivity index (χ0) is 10.3. The van der Waals surface area contributed by atoms with Gasteiger partial charge in [-0.05, 0) is 12.1 Å². The molecule has 1 N–H and O–H groups in total. The van der Waals surface area contributed by atoms with Crippen molar-refractivity contribution in [3.05, 3.63) is 42.2 Å². The van der Waals surface area contributed by atoms with Crippen molar-refractivity contribution in [2.24, 2.45) is 0 Å². The van der Waals surface area contributed by atoms with Gasteiger partial charge in [0.25, 0.3) is 0 Å². The minimum atomic E-state index is 0.572. The van der Waals surface area contributed by atoms with E-state index in [0.717, 1.165) is 21.8 Å². The molecule has 0 spiro atoms. The molecule has 3 nitrogen and oxygen atoms in total. The molecule has 0 aliphatic heterocycles. The highest BCUT2D eigenvalue weighted by Gasteiger charge is 2.04. The van der Waals surface area contributed by atoms with Gasteiger partial charge in [0.05, 0.1) is 11.0 Å². The Labute approximate surface area is 86.0 Å². The van der Waals surface area contributed by atoms with Crippen molar-refractivity contribution < 1.29 is 0 Å². The van der Waals surface area contributed by atoms with Crippen LogP contribution in [0.4, 0.5) is 0 Å². The average molecular weight is 193 g/mol. The molecule has 0 bridgehead atoms. The van der Waals surface area contributed by atoms with E-state index in [1.54, 1.807) is 6.20 Å². The first-order chi connectivity index (χ1) is 7.38. The van der Waals surface area contributed by atoms with Crippen molar-refractivity contribution in [2.45, 2.75) is 0 Å². The van der Waals surface area contributed by atoms with Crippen molar-refractivity contribution in [3.63, 3.8) is 0 Å². The normalized spacial score (nSPS) is 10.6. The van der Waals surface area contributed by atoms with Crippen LogP contribution in [-0.4, -0.2) is 9.97 Å². The van der Waals surface area contributed by atoms with Crippen LogP contribution < -0.4 is 0 Å². The molecule has 0 saturated carbocycles. The maximum absolute atomic E-state index is 8.81. The molecular weight excluding hydrogens is 186 g/mol. The SMILES string of the molecule is N#Cc1cc2cnc3ccccc3c2[nH]1. The minimum Gasteiger partial charge on any atom is -0.346 e. The summed E-state index contributed by atoms with van der Waals surface area (Å²) in [5, 5.41) is 10.8. The first kappa shape index (κ1) is 8.01. The topological polar surface area (TPSA) is 52.5 Å². The van der Waals surface area contributed by atoms with E-state index in [1.165, 1.54) is 0 Å². The number of hydrogen-bond donors (Lipinski definition) is 1. The lowest BCUT2D eigenvalue weighted by Gasteiger charge is -1.96. The largest absolute Gasteiger partial charge is 0.346 e. The predicted molar refractivity (Wildman–Crippen MR) is 58.3 cm³/mol. The maximum Gasteiger partial charge on any atom is 0.118 e. The molecule has 2 aromatic heterocycles. The zero-order valence-corrected chi connectivity index (χ0v) is 7.86. The lowest BCUT2D eigenvalue weighted by atomic mass is 10.2. The number of rotatable bonds is 0. The van der Waals surface area contributed by atoms with Crippen molar-refractivity contribution in [1.82, 2.24) is 9.97 Å². The van der Waals surface area contributed by atoms with E-state index in [1.807, 2.05) is 30.3 Å². The van der Waals surface area contributed by atoms with E-state index in [0.29, 0.717) is 5.69 Å². The lowest BCUT2D eigenvalue weighted by molar-refractivity contribution is 1.37. The number of nitrogens with zero attached hydrogens (tertiary/aromatic N) is 2. The summed E-state index contributed by atoms with van der Waals surface area (Å²) in [6.45, 7) is 0. The minimum absolute atomic E-state index is 0.572. The van der Waals surface area contributed by atoms with Gasteiger partial charge in [-0.15, -0.1) is 0 Å². The molecule has 0 fully saturated rings. The summed E-state index contributed by atoms with van der Waals surface area (Å²) < 4.78 is 0. The molecule has 1 aromatic carbocycles. The van der Waals surface area contributed by atoms with Crippen molar-refractivity contribution in [3.8, 4) is 6.07 Å². The second kappa shape index (κ2) is 2.82. The van der Waals surface area contributed by atoms with Crippen LogP contribution in [0.1, 0.15) is 5.69 Å². The van der Waals surface area contributed by atoms with Crippen LogP contribution in [0.3, 0.4) is 0 Å². The van der Waals surface area contributed by atoms with Crippen molar-refractivity contribution in [2.75, 3.05) is 0 Å². The van der Waals surface area contributed by atoms with E-state index in [4.69, 9.17) is 5.26 Å². The smallest absolute Gasteiger partial charge is 0.118 e. The number of hydrogen-bond acceptors (Lipinski definition) is 2. The predicted octanol–water partition coefficient (Wildman–Crippen LogP) is 2.59. The third-order valence-electron chi connectivity index (χ3n) is 2.48. The first-order valence-corrected chi connectivity index (χ1v) is 4.65. The summed E-state index contributed by atoms with van der Waals surface area (Å²) in [5.41, 5.74) is 2.50. The quantitative estimate of drug-likeness (QED) is 0.596. The summed E-state index contributed by atoms with van der Waals surface area (Å²) in [6, 6.07) is 11.8. The molecule has 0 radical (unpaired) electrons. The Morgan fingerprint density at radius 2 is 2.13 bits per heavy atom. The number of nitriles is 1. The Hall–Kier alpha value is -2.34. The Morgan fingerprint density at radius 1 is 1.27 bits per heavy atom. The van der Waals surface area contributed by atoms with E-state index >= 15 is 0 Å². The Bertz CT molecular complexity index is 689. The molecular formula is C12H7N3. The molecule has 0 saturated heterocycles. The summed E-state index contributed by atoms with van der Waals surface area (Å²) >= 11 is 0. The third kappa shape index (κ3) is 1.09. The van der Waals surface area contributed by atoms with Gasteiger partial charge in [-0.25, -0.2) is 0 Å². The standard InChI is InChI=1S/C12H7N3/c13-6-9-5-8-7-14-11-4-2-1-3-10(11)12(8)15-9/h1-5,7,15H. The summed E-state index contributed by atoms with van der Waals surface area (Å²) in [7, 11) is 0. The number of fused-ring (bicyclic) bond motifs is 3. The number of nitrogens with one attached hydrogen (secondary N) is 1. The summed E-state index contributed by atoms with van der Waals surface area (Å²) in [6.07, 6.45) is 1.79. The van der Waals surface area contributed by atoms with Crippen LogP contribution in [-0.2, 0) is 0 Å². The van der Waals surface area contributed by atoms with Crippen LogP contribution in [0.2, 0.25) is 0 Å². The van der Waals surface area contributed by atoms with Gasteiger partial charge >= 0.3 is 0 Å². The molecule has 3 rings (SSSR count). The van der Waals surface area contributed by atoms with Gasteiger partial charge in [0.15, 0.2) is 0 Å². The highest BCUT2D eigenvalue weighted by molar-refractivity contribution is 6.03. The van der Waals surface area contributed by atoms with Crippen LogP contribution in [0.15, 0.2) is 36.5 Å². The number of aromatic nitrogens is 2. The van der Waals surface area contributed by atoms with Gasteiger partial charge < -0.3 is 4.98 Å². The monoisotopic (exact) mass is 193 g/mol. The van der Waals surface area contributed by atoms with Crippen LogP contribution in [0.25, 0.3) is 21.8 Å². The fourth-order valence-corrected chi connectivity index (χ4v) is 1.79. The number of aromatic amines is 1. The van der Waals surface area contributed by atoms with Crippen molar-refractivity contribution >= 4 is 21.8 Å².